The van der Waals surface area contributed by atoms with E-state index in [9.17, 15) is 4.79 Å². The first-order valence-corrected chi connectivity index (χ1v) is 8.32. The SMILES string of the molecule is CC(CCC(=O)Nc1ccc2cnccc2c1)c1ccsc1. The number of carbonyl (C=O) groups is 1. The fourth-order valence-corrected chi connectivity index (χ4v) is 3.24. The van der Waals surface area contributed by atoms with Gasteiger partial charge in [-0.25, -0.2) is 0 Å². The highest BCUT2D eigenvalue weighted by atomic mass is 32.1. The molecule has 3 rings (SSSR count). The number of aromatic nitrogens is 1. The number of nitrogens with one attached hydrogen (secondary N) is 1. The van der Waals surface area contributed by atoms with Crippen LogP contribution in [0.1, 0.15) is 31.2 Å². The van der Waals surface area contributed by atoms with Gasteiger partial charge in [0.1, 0.15) is 0 Å². The lowest BCUT2D eigenvalue weighted by atomic mass is 9.99. The minimum absolute atomic E-state index is 0.0653. The van der Waals surface area contributed by atoms with Gasteiger partial charge in [0.05, 0.1) is 0 Å². The van der Waals surface area contributed by atoms with Crippen LogP contribution in [0.25, 0.3) is 10.8 Å². The van der Waals surface area contributed by atoms with E-state index in [4.69, 9.17) is 0 Å². The zero-order valence-corrected chi connectivity index (χ0v) is 13.3. The Hall–Kier alpha value is -2.20. The van der Waals surface area contributed by atoms with Crippen molar-refractivity contribution < 1.29 is 4.79 Å². The normalized spacial score (nSPS) is 12.2. The third-order valence-electron chi connectivity index (χ3n) is 3.84. The Morgan fingerprint density at radius 1 is 1.27 bits per heavy atom. The van der Waals surface area contributed by atoms with Crippen molar-refractivity contribution in [3.8, 4) is 0 Å². The summed E-state index contributed by atoms with van der Waals surface area (Å²) in [5.74, 6) is 0.482. The molecule has 0 aliphatic heterocycles. The Labute approximate surface area is 134 Å². The number of pyridine rings is 1. The van der Waals surface area contributed by atoms with Crippen LogP contribution in [-0.2, 0) is 4.79 Å². The van der Waals surface area contributed by atoms with Crippen LogP contribution < -0.4 is 5.32 Å². The molecule has 3 nitrogen and oxygen atoms in total. The lowest BCUT2D eigenvalue weighted by Crippen LogP contribution is -2.12. The topological polar surface area (TPSA) is 42.0 Å². The number of hydrogen-bond acceptors (Lipinski definition) is 3. The molecule has 0 fully saturated rings. The Kier molecular flexibility index (Phi) is 4.49. The smallest absolute Gasteiger partial charge is 0.224 e. The summed E-state index contributed by atoms with van der Waals surface area (Å²) in [6.45, 7) is 2.17. The molecular formula is C18H18N2OS. The van der Waals surface area contributed by atoms with Crippen molar-refractivity contribution in [2.24, 2.45) is 0 Å². The molecule has 112 valence electrons. The lowest BCUT2D eigenvalue weighted by Gasteiger charge is -2.10. The third-order valence-corrected chi connectivity index (χ3v) is 4.54. The van der Waals surface area contributed by atoms with Crippen LogP contribution in [-0.4, -0.2) is 10.9 Å². The molecule has 1 unspecified atom stereocenters. The molecule has 1 atom stereocenters. The molecule has 1 amide bonds. The highest BCUT2D eigenvalue weighted by Gasteiger charge is 2.09. The van der Waals surface area contributed by atoms with E-state index in [-0.39, 0.29) is 5.91 Å². The van der Waals surface area contributed by atoms with Gasteiger partial charge in [-0.15, -0.1) is 0 Å². The Morgan fingerprint density at radius 2 is 2.18 bits per heavy atom. The van der Waals surface area contributed by atoms with Crippen LogP contribution in [0.5, 0.6) is 0 Å². The Morgan fingerprint density at radius 3 is 3.00 bits per heavy atom. The van der Waals surface area contributed by atoms with E-state index in [2.05, 4.69) is 34.1 Å². The number of hydrogen-bond donors (Lipinski definition) is 1. The summed E-state index contributed by atoms with van der Waals surface area (Å²) in [7, 11) is 0. The maximum Gasteiger partial charge on any atom is 0.224 e. The largest absolute Gasteiger partial charge is 0.326 e. The molecule has 1 N–H and O–H groups in total. The molecule has 1 aromatic carbocycles. The standard InChI is InChI=1S/C18H18N2OS/c1-13(16-7-9-22-12-16)2-5-18(21)20-17-4-3-15-11-19-8-6-14(15)10-17/h3-4,6-13H,2,5H2,1H3,(H,20,21). The molecule has 0 aliphatic carbocycles. The number of fused-ring (bicyclic) bond motifs is 1. The minimum Gasteiger partial charge on any atom is -0.326 e. The van der Waals surface area contributed by atoms with Crippen molar-refractivity contribution in [3.05, 3.63) is 59.0 Å². The average Bonchev–Trinajstić information content (AvgIpc) is 3.07. The molecule has 0 radical (unpaired) electrons. The number of benzene rings is 1. The molecular weight excluding hydrogens is 292 g/mol. The number of nitrogens with zero attached hydrogens (tertiary/aromatic N) is 1. The van der Waals surface area contributed by atoms with Crippen molar-refractivity contribution in [3.63, 3.8) is 0 Å². The van der Waals surface area contributed by atoms with E-state index in [0.717, 1.165) is 22.9 Å². The van der Waals surface area contributed by atoms with Gasteiger partial charge in [-0.1, -0.05) is 13.0 Å². The number of carbonyl (C=O) groups excluding carboxylic acids is 1. The highest BCUT2D eigenvalue weighted by molar-refractivity contribution is 7.07. The van der Waals surface area contributed by atoms with Crippen LogP contribution in [0.4, 0.5) is 5.69 Å². The van der Waals surface area contributed by atoms with E-state index in [1.807, 2.05) is 30.5 Å². The van der Waals surface area contributed by atoms with Crippen LogP contribution in [0.2, 0.25) is 0 Å². The van der Waals surface area contributed by atoms with Gasteiger partial charge in [-0.05, 0) is 58.3 Å². The molecule has 0 saturated heterocycles. The van der Waals surface area contributed by atoms with E-state index >= 15 is 0 Å². The lowest BCUT2D eigenvalue weighted by molar-refractivity contribution is -0.116. The van der Waals surface area contributed by atoms with Crippen LogP contribution >= 0.6 is 11.3 Å². The minimum atomic E-state index is 0.0653. The summed E-state index contributed by atoms with van der Waals surface area (Å²) < 4.78 is 0. The van der Waals surface area contributed by atoms with Crippen molar-refractivity contribution in [1.82, 2.24) is 4.98 Å². The quantitative estimate of drug-likeness (QED) is 0.734. The summed E-state index contributed by atoms with van der Waals surface area (Å²) in [6, 6.07) is 9.96. The first-order valence-electron chi connectivity index (χ1n) is 7.38. The molecule has 0 aliphatic rings. The monoisotopic (exact) mass is 310 g/mol. The summed E-state index contributed by atoms with van der Waals surface area (Å²) in [5.41, 5.74) is 2.16. The zero-order chi connectivity index (χ0) is 15.4. The van der Waals surface area contributed by atoms with Gasteiger partial charge < -0.3 is 5.32 Å². The van der Waals surface area contributed by atoms with Crippen molar-refractivity contribution in [2.45, 2.75) is 25.7 Å². The predicted molar refractivity (Wildman–Crippen MR) is 92.3 cm³/mol. The van der Waals surface area contributed by atoms with Gasteiger partial charge in [0.15, 0.2) is 0 Å². The second-order valence-electron chi connectivity index (χ2n) is 5.48. The molecule has 22 heavy (non-hydrogen) atoms. The maximum atomic E-state index is 12.1. The van der Waals surface area contributed by atoms with Crippen LogP contribution in [0.3, 0.4) is 0 Å². The third kappa shape index (κ3) is 3.52. The van der Waals surface area contributed by atoms with Crippen molar-refractivity contribution in [2.75, 3.05) is 5.32 Å². The fourth-order valence-electron chi connectivity index (χ4n) is 2.45. The molecule has 2 aromatic heterocycles. The van der Waals surface area contributed by atoms with E-state index in [1.165, 1.54) is 5.56 Å². The van der Waals surface area contributed by atoms with Crippen molar-refractivity contribution >= 4 is 33.7 Å². The van der Waals surface area contributed by atoms with E-state index in [0.29, 0.717) is 12.3 Å². The van der Waals surface area contributed by atoms with Gasteiger partial charge in [-0.3, -0.25) is 9.78 Å². The maximum absolute atomic E-state index is 12.1. The highest BCUT2D eigenvalue weighted by Crippen LogP contribution is 2.23. The van der Waals surface area contributed by atoms with E-state index in [1.54, 1.807) is 17.5 Å². The summed E-state index contributed by atoms with van der Waals surface area (Å²) in [5, 5.41) is 9.37. The van der Waals surface area contributed by atoms with Gasteiger partial charge in [0.25, 0.3) is 0 Å². The summed E-state index contributed by atoms with van der Waals surface area (Å²) >= 11 is 1.70. The predicted octanol–water partition coefficient (Wildman–Crippen LogP) is 4.82. The van der Waals surface area contributed by atoms with E-state index < -0.39 is 0 Å². The molecule has 4 heteroatoms. The molecule has 0 saturated carbocycles. The molecule has 0 bridgehead atoms. The fraction of sp³-hybridized carbons (Fsp3) is 0.222. The second kappa shape index (κ2) is 6.71. The number of thiophene rings is 1. The number of rotatable bonds is 5. The van der Waals surface area contributed by atoms with Gasteiger partial charge >= 0.3 is 0 Å². The van der Waals surface area contributed by atoms with Crippen LogP contribution in [0.15, 0.2) is 53.5 Å². The Balaban J connectivity index is 1.58. The zero-order valence-electron chi connectivity index (χ0n) is 12.5. The van der Waals surface area contributed by atoms with Gasteiger partial charge in [0.2, 0.25) is 5.91 Å². The van der Waals surface area contributed by atoms with Gasteiger partial charge in [0, 0.05) is 29.9 Å². The molecule has 0 spiro atoms. The molecule has 2 heterocycles. The van der Waals surface area contributed by atoms with Crippen molar-refractivity contribution in [1.29, 1.82) is 0 Å². The summed E-state index contributed by atoms with van der Waals surface area (Å²) in [6.07, 6.45) is 4.98. The first-order chi connectivity index (χ1) is 10.7. The molecule has 3 aromatic rings. The Bertz CT molecular complexity index is 768. The van der Waals surface area contributed by atoms with Crippen LogP contribution in [0, 0.1) is 0 Å². The number of anilines is 1. The number of amides is 1. The van der Waals surface area contributed by atoms with Gasteiger partial charge in [-0.2, -0.15) is 11.3 Å². The first kappa shape index (κ1) is 14.7. The summed E-state index contributed by atoms with van der Waals surface area (Å²) in [4.78, 5) is 16.2. The second-order valence-corrected chi connectivity index (χ2v) is 6.26. The average molecular weight is 310 g/mol.